The first-order valence-electron chi connectivity index (χ1n) is 14.0. The van der Waals surface area contributed by atoms with Gasteiger partial charge in [-0.15, -0.1) is 0 Å². The Balaban J connectivity index is 1.34. The molecule has 0 saturated heterocycles. The largest absolute Gasteiger partial charge is 0.309 e. The Hall–Kier alpha value is -5.40. The van der Waals surface area contributed by atoms with Crippen LogP contribution in [0.5, 0.6) is 0 Å². The van der Waals surface area contributed by atoms with Gasteiger partial charge in [-0.05, 0) is 91.0 Å². The predicted octanol–water partition coefficient (Wildman–Crippen LogP) is 11.1. The van der Waals surface area contributed by atoms with Crippen LogP contribution in [0.25, 0.3) is 76.5 Å². The number of nitrogens with zero attached hydrogens (tertiary/aromatic N) is 1. The summed E-state index contributed by atoms with van der Waals surface area (Å²) in [6, 6.07) is 48.6. The van der Waals surface area contributed by atoms with Gasteiger partial charge in [-0.25, -0.2) is 0 Å². The van der Waals surface area contributed by atoms with Gasteiger partial charge in [0.2, 0.25) is 0 Å². The fraction of sp³-hybridized carbons (Fsp3) is 0. The van der Waals surface area contributed by atoms with Gasteiger partial charge in [0.05, 0.1) is 11.0 Å². The van der Waals surface area contributed by atoms with E-state index in [0.29, 0.717) is 0 Å². The molecule has 0 amide bonds. The van der Waals surface area contributed by atoms with E-state index in [0.717, 1.165) is 16.8 Å². The number of rotatable bonds is 4. The van der Waals surface area contributed by atoms with E-state index in [2.05, 4.69) is 151 Å². The lowest BCUT2D eigenvalue weighted by Crippen LogP contribution is -1.94. The number of aromatic nitrogens is 1. The highest BCUT2D eigenvalue weighted by Crippen LogP contribution is 2.39. The zero-order valence-electron chi connectivity index (χ0n) is 22.6. The molecule has 0 aliphatic heterocycles. The van der Waals surface area contributed by atoms with Crippen LogP contribution in [-0.2, 0) is 0 Å². The Morgan fingerprint density at radius 1 is 0.463 bits per heavy atom. The maximum atomic E-state index is 4.10. The Morgan fingerprint density at radius 2 is 0.951 bits per heavy atom. The smallest absolute Gasteiger partial charge is 0.0541 e. The fourth-order valence-electron chi connectivity index (χ4n) is 6.46. The molecule has 0 bridgehead atoms. The van der Waals surface area contributed by atoms with Crippen molar-refractivity contribution in [1.82, 2.24) is 4.57 Å². The molecule has 1 heteroatoms. The summed E-state index contributed by atoms with van der Waals surface area (Å²) in [7, 11) is 0. The third-order valence-corrected chi connectivity index (χ3v) is 8.49. The SMILES string of the molecule is C=CC(=C)c1ccc(-n2c3ccccc3c3cc(-c4ccc5c6ccccc6c6ccccc6c5c4)ccc32)cc1. The topological polar surface area (TPSA) is 4.93 Å². The van der Waals surface area contributed by atoms with Gasteiger partial charge >= 0.3 is 0 Å². The lowest BCUT2D eigenvalue weighted by atomic mass is 9.92. The van der Waals surface area contributed by atoms with E-state index >= 15 is 0 Å². The van der Waals surface area contributed by atoms with Gasteiger partial charge in [-0.1, -0.05) is 116 Å². The lowest BCUT2D eigenvalue weighted by Gasteiger charge is -2.12. The monoisotopic (exact) mass is 521 g/mol. The van der Waals surface area contributed by atoms with Gasteiger partial charge in [-0.2, -0.15) is 0 Å². The van der Waals surface area contributed by atoms with E-state index in [-0.39, 0.29) is 0 Å². The normalized spacial score (nSPS) is 11.6. The van der Waals surface area contributed by atoms with E-state index in [1.165, 1.54) is 65.3 Å². The van der Waals surface area contributed by atoms with Crippen molar-refractivity contribution in [2.45, 2.75) is 0 Å². The van der Waals surface area contributed by atoms with Crippen molar-refractivity contribution in [2.24, 2.45) is 0 Å². The van der Waals surface area contributed by atoms with Crippen LogP contribution in [0.15, 0.2) is 153 Å². The molecule has 0 fully saturated rings. The van der Waals surface area contributed by atoms with Gasteiger partial charge in [-0.3, -0.25) is 0 Å². The molecule has 0 aliphatic carbocycles. The summed E-state index contributed by atoms with van der Waals surface area (Å²) in [6.45, 7) is 7.96. The third kappa shape index (κ3) is 3.56. The molecule has 7 aromatic carbocycles. The summed E-state index contributed by atoms with van der Waals surface area (Å²) in [5, 5.41) is 10.3. The highest BCUT2D eigenvalue weighted by atomic mass is 15.0. The molecule has 0 aliphatic rings. The zero-order chi connectivity index (χ0) is 27.5. The van der Waals surface area contributed by atoms with E-state index in [1.54, 1.807) is 6.08 Å². The number of fused-ring (bicyclic) bond motifs is 9. The van der Waals surface area contributed by atoms with Crippen LogP contribution in [0.4, 0.5) is 0 Å². The highest BCUT2D eigenvalue weighted by Gasteiger charge is 2.14. The molecule has 1 nitrogen and oxygen atoms in total. The second-order valence-corrected chi connectivity index (χ2v) is 10.7. The van der Waals surface area contributed by atoms with Crippen LogP contribution in [0.1, 0.15) is 5.56 Å². The first kappa shape index (κ1) is 23.5. The minimum atomic E-state index is 0.930. The first-order valence-corrected chi connectivity index (χ1v) is 14.0. The van der Waals surface area contributed by atoms with Crippen LogP contribution in [0.2, 0.25) is 0 Å². The molecule has 41 heavy (non-hydrogen) atoms. The van der Waals surface area contributed by atoms with Crippen molar-refractivity contribution in [3.05, 3.63) is 158 Å². The van der Waals surface area contributed by atoms with Gasteiger partial charge in [0.1, 0.15) is 0 Å². The Labute approximate surface area is 238 Å². The molecule has 1 heterocycles. The molecule has 0 spiro atoms. The minimum absolute atomic E-state index is 0.930. The standard InChI is InChI=1S/C40H27N/c1-3-26(2)27-16-20-30(21-17-27)41-39-15-9-8-14-36(39)38-25-29(19-23-40(38)41)28-18-22-35-33-12-5-4-10-31(33)32-11-6-7-13-34(32)37(35)24-28/h3-25H,1-2H2. The van der Waals surface area contributed by atoms with E-state index in [9.17, 15) is 0 Å². The van der Waals surface area contributed by atoms with Gasteiger partial charge in [0.25, 0.3) is 0 Å². The summed E-state index contributed by atoms with van der Waals surface area (Å²) in [5.74, 6) is 0. The Kier molecular flexibility index (Phi) is 5.20. The molecule has 1 aromatic heterocycles. The Bertz CT molecular complexity index is 2300. The summed E-state index contributed by atoms with van der Waals surface area (Å²) < 4.78 is 2.36. The molecular weight excluding hydrogens is 494 g/mol. The second kappa shape index (κ2) is 9.08. The molecule has 0 radical (unpaired) electrons. The minimum Gasteiger partial charge on any atom is -0.309 e. The van der Waals surface area contributed by atoms with Crippen LogP contribution in [0, 0.1) is 0 Å². The molecule has 8 rings (SSSR count). The number of allylic oxidation sites excluding steroid dienone is 2. The maximum Gasteiger partial charge on any atom is 0.0541 e. The average molecular weight is 522 g/mol. The summed E-state index contributed by atoms with van der Waals surface area (Å²) in [6.07, 6.45) is 1.80. The van der Waals surface area contributed by atoms with Gasteiger partial charge < -0.3 is 4.57 Å². The van der Waals surface area contributed by atoms with Crippen LogP contribution >= 0.6 is 0 Å². The van der Waals surface area contributed by atoms with Crippen molar-refractivity contribution in [1.29, 1.82) is 0 Å². The summed E-state index contributed by atoms with van der Waals surface area (Å²) >= 11 is 0. The van der Waals surface area contributed by atoms with Crippen molar-refractivity contribution in [3.63, 3.8) is 0 Å². The number of benzene rings is 7. The van der Waals surface area contributed by atoms with Gasteiger partial charge in [0, 0.05) is 16.5 Å². The summed E-state index contributed by atoms with van der Waals surface area (Å²) in [5.41, 5.74) is 7.99. The van der Waals surface area contributed by atoms with E-state index in [1.807, 2.05) is 0 Å². The fourth-order valence-corrected chi connectivity index (χ4v) is 6.46. The van der Waals surface area contributed by atoms with Crippen molar-refractivity contribution >= 4 is 59.7 Å². The van der Waals surface area contributed by atoms with Crippen LogP contribution < -0.4 is 0 Å². The molecular formula is C40H27N. The highest BCUT2D eigenvalue weighted by molar-refractivity contribution is 6.25. The van der Waals surface area contributed by atoms with Crippen LogP contribution in [0.3, 0.4) is 0 Å². The quantitative estimate of drug-likeness (QED) is 0.160. The van der Waals surface area contributed by atoms with Crippen LogP contribution in [-0.4, -0.2) is 4.57 Å². The lowest BCUT2D eigenvalue weighted by molar-refractivity contribution is 1.18. The summed E-state index contributed by atoms with van der Waals surface area (Å²) in [4.78, 5) is 0. The Morgan fingerprint density at radius 3 is 1.59 bits per heavy atom. The molecule has 0 saturated carbocycles. The van der Waals surface area contributed by atoms with E-state index in [4.69, 9.17) is 0 Å². The van der Waals surface area contributed by atoms with Crippen molar-refractivity contribution in [3.8, 4) is 16.8 Å². The third-order valence-electron chi connectivity index (χ3n) is 8.49. The van der Waals surface area contributed by atoms with E-state index < -0.39 is 0 Å². The number of hydrogen-bond donors (Lipinski definition) is 0. The zero-order valence-corrected chi connectivity index (χ0v) is 22.6. The molecule has 0 atom stereocenters. The maximum absolute atomic E-state index is 4.10. The first-order chi connectivity index (χ1) is 20.2. The van der Waals surface area contributed by atoms with Gasteiger partial charge in [0.15, 0.2) is 0 Å². The van der Waals surface area contributed by atoms with Crippen molar-refractivity contribution in [2.75, 3.05) is 0 Å². The molecule has 192 valence electrons. The number of para-hydroxylation sites is 1. The predicted molar refractivity (Wildman–Crippen MR) is 178 cm³/mol. The molecule has 0 unspecified atom stereocenters. The van der Waals surface area contributed by atoms with Crippen molar-refractivity contribution < 1.29 is 0 Å². The molecule has 8 aromatic rings. The average Bonchev–Trinajstić information content (AvgIpc) is 3.38. The molecule has 0 N–H and O–H groups in total. The second-order valence-electron chi connectivity index (χ2n) is 10.7. The number of hydrogen-bond acceptors (Lipinski definition) is 0.